The Morgan fingerprint density at radius 3 is 2.70 bits per heavy atom. The van der Waals surface area contributed by atoms with Crippen LogP contribution in [0.5, 0.6) is 0 Å². The van der Waals surface area contributed by atoms with E-state index in [2.05, 4.69) is 44.2 Å². The fourth-order valence-electron chi connectivity index (χ4n) is 2.93. The van der Waals surface area contributed by atoms with Crippen molar-refractivity contribution in [1.29, 1.82) is 0 Å². The van der Waals surface area contributed by atoms with Gasteiger partial charge in [-0.05, 0) is 49.6 Å². The van der Waals surface area contributed by atoms with E-state index in [1.165, 1.54) is 17.7 Å². The maximum atomic E-state index is 13.0. The lowest BCUT2D eigenvalue weighted by atomic mass is 10.1. The van der Waals surface area contributed by atoms with Gasteiger partial charge in [0.25, 0.3) is 0 Å². The molecule has 0 radical (unpaired) electrons. The van der Waals surface area contributed by atoms with Crippen LogP contribution < -0.4 is 10.6 Å². The zero-order valence-corrected chi connectivity index (χ0v) is 15.9. The van der Waals surface area contributed by atoms with E-state index in [4.69, 9.17) is 0 Å². The normalized spacial score (nSPS) is 11.7. The number of fused-ring (bicyclic) bond motifs is 1. The fraction of sp³-hybridized carbons (Fsp3) is 0.333. The average molecular weight is 367 g/mol. The Morgan fingerprint density at radius 2 is 1.96 bits per heavy atom. The summed E-state index contributed by atoms with van der Waals surface area (Å²) in [4.78, 5) is 9.32. The molecule has 6 heteroatoms. The second-order valence-electron chi connectivity index (χ2n) is 6.47. The molecule has 0 spiro atoms. The first-order chi connectivity index (χ1) is 13.2. The molecule has 0 aliphatic rings. The van der Waals surface area contributed by atoms with Crippen LogP contribution in [0.1, 0.15) is 23.7 Å². The van der Waals surface area contributed by atoms with E-state index in [9.17, 15) is 4.39 Å². The van der Waals surface area contributed by atoms with Crippen molar-refractivity contribution < 1.29 is 4.39 Å². The Hall–Kier alpha value is -2.89. The van der Waals surface area contributed by atoms with E-state index in [0.717, 1.165) is 48.8 Å². The highest BCUT2D eigenvalue weighted by Crippen LogP contribution is 2.10. The average Bonchev–Trinajstić information content (AvgIpc) is 3.08. The van der Waals surface area contributed by atoms with Crippen molar-refractivity contribution in [2.75, 3.05) is 19.6 Å². The third-order valence-corrected chi connectivity index (χ3v) is 4.33. The van der Waals surface area contributed by atoms with Gasteiger partial charge in [-0.2, -0.15) is 0 Å². The molecule has 1 aromatic carbocycles. The molecule has 0 aliphatic carbocycles. The van der Waals surface area contributed by atoms with Gasteiger partial charge in [0.1, 0.15) is 11.5 Å². The molecule has 0 amide bonds. The molecule has 0 unspecified atom stereocenters. The molecular formula is C21H26FN5. The number of halogens is 1. The summed E-state index contributed by atoms with van der Waals surface area (Å²) in [5, 5.41) is 6.58. The van der Waals surface area contributed by atoms with E-state index in [1.54, 1.807) is 0 Å². The molecule has 3 aromatic rings. The van der Waals surface area contributed by atoms with E-state index in [1.807, 2.05) is 31.3 Å². The Bertz CT molecular complexity index is 899. The number of pyridine rings is 1. The predicted molar refractivity (Wildman–Crippen MR) is 108 cm³/mol. The smallest absolute Gasteiger partial charge is 0.191 e. The number of rotatable bonds is 7. The Morgan fingerprint density at radius 1 is 1.15 bits per heavy atom. The predicted octanol–water partition coefficient (Wildman–Crippen LogP) is 3.12. The van der Waals surface area contributed by atoms with Crippen LogP contribution in [0, 0.1) is 12.7 Å². The SMILES string of the molecule is CCNC(=NCCc1cn2cccc(C)c2n1)NCCc1ccc(F)cc1. The van der Waals surface area contributed by atoms with Gasteiger partial charge in [0.2, 0.25) is 0 Å². The molecule has 27 heavy (non-hydrogen) atoms. The van der Waals surface area contributed by atoms with Gasteiger partial charge < -0.3 is 15.0 Å². The number of aliphatic imine (C=N–C) groups is 1. The van der Waals surface area contributed by atoms with Gasteiger partial charge in [0, 0.05) is 38.4 Å². The number of hydrogen-bond acceptors (Lipinski definition) is 2. The molecule has 0 atom stereocenters. The van der Waals surface area contributed by atoms with Crippen LogP contribution in [0.3, 0.4) is 0 Å². The van der Waals surface area contributed by atoms with Gasteiger partial charge in [-0.3, -0.25) is 4.99 Å². The zero-order valence-electron chi connectivity index (χ0n) is 15.9. The lowest BCUT2D eigenvalue weighted by molar-refractivity contribution is 0.626. The minimum absolute atomic E-state index is 0.205. The summed E-state index contributed by atoms with van der Waals surface area (Å²) in [6, 6.07) is 10.7. The monoisotopic (exact) mass is 367 g/mol. The molecule has 2 aromatic heterocycles. The standard InChI is InChI=1S/C21H26FN5/c1-3-23-21(24-12-10-17-6-8-18(22)9-7-17)25-13-11-19-15-27-14-4-5-16(2)20(27)26-19/h4-9,14-15H,3,10-13H2,1-2H3,(H2,23,24,25). The Kier molecular flexibility index (Phi) is 6.41. The highest BCUT2D eigenvalue weighted by atomic mass is 19.1. The molecule has 2 N–H and O–H groups in total. The van der Waals surface area contributed by atoms with Gasteiger partial charge in [-0.25, -0.2) is 9.37 Å². The number of hydrogen-bond donors (Lipinski definition) is 2. The van der Waals surface area contributed by atoms with E-state index in [-0.39, 0.29) is 5.82 Å². The number of nitrogens with one attached hydrogen (secondary N) is 2. The third-order valence-electron chi connectivity index (χ3n) is 4.33. The summed E-state index contributed by atoms with van der Waals surface area (Å²) in [5.41, 5.74) is 4.30. The highest BCUT2D eigenvalue weighted by molar-refractivity contribution is 5.79. The first kappa shape index (κ1) is 18.9. The maximum absolute atomic E-state index is 13.0. The second-order valence-corrected chi connectivity index (χ2v) is 6.47. The number of benzene rings is 1. The van der Waals surface area contributed by atoms with Crippen LogP contribution in [0.25, 0.3) is 5.65 Å². The molecule has 0 saturated heterocycles. The molecule has 142 valence electrons. The van der Waals surface area contributed by atoms with Crippen molar-refractivity contribution in [3.63, 3.8) is 0 Å². The molecule has 0 fully saturated rings. The van der Waals surface area contributed by atoms with Gasteiger partial charge in [0.15, 0.2) is 5.96 Å². The molecular weight excluding hydrogens is 341 g/mol. The van der Waals surface area contributed by atoms with Crippen LogP contribution in [-0.4, -0.2) is 35.0 Å². The molecule has 0 aliphatic heterocycles. The number of nitrogens with zero attached hydrogens (tertiary/aromatic N) is 3. The highest BCUT2D eigenvalue weighted by Gasteiger charge is 2.04. The summed E-state index contributed by atoms with van der Waals surface area (Å²) in [7, 11) is 0. The molecule has 0 bridgehead atoms. The molecule has 2 heterocycles. The minimum Gasteiger partial charge on any atom is -0.357 e. The van der Waals surface area contributed by atoms with Gasteiger partial charge in [-0.15, -0.1) is 0 Å². The zero-order chi connectivity index (χ0) is 19.1. The Balaban J connectivity index is 1.53. The summed E-state index contributed by atoms with van der Waals surface area (Å²) in [6.45, 7) is 6.32. The van der Waals surface area contributed by atoms with E-state index < -0.39 is 0 Å². The maximum Gasteiger partial charge on any atom is 0.191 e. The van der Waals surface area contributed by atoms with Crippen molar-refractivity contribution >= 4 is 11.6 Å². The van der Waals surface area contributed by atoms with Crippen molar-refractivity contribution in [3.05, 3.63) is 71.4 Å². The number of aryl methyl sites for hydroxylation is 1. The minimum atomic E-state index is -0.205. The van der Waals surface area contributed by atoms with Gasteiger partial charge >= 0.3 is 0 Å². The quantitative estimate of drug-likeness (QED) is 0.498. The van der Waals surface area contributed by atoms with Crippen LogP contribution in [0.2, 0.25) is 0 Å². The van der Waals surface area contributed by atoms with Gasteiger partial charge in [0.05, 0.1) is 5.69 Å². The Labute approximate surface area is 159 Å². The fourth-order valence-corrected chi connectivity index (χ4v) is 2.93. The molecule has 3 rings (SSSR count). The van der Waals surface area contributed by atoms with E-state index in [0.29, 0.717) is 6.54 Å². The van der Waals surface area contributed by atoms with Crippen LogP contribution in [0.4, 0.5) is 4.39 Å². The first-order valence-corrected chi connectivity index (χ1v) is 9.35. The summed E-state index contributed by atoms with van der Waals surface area (Å²) >= 11 is 0. The van der Waals surface area contributed by atoms with Crippen LogP contribution >= 0.6 is 0 Å². The van der Waals surface area contributed by atoms with Crippen molar-refractivity contribution in [1.82, 2.24) is 20.0 Å². The van der Waals surface area contributed by atoms with Crippen LogP contribution in [-0.2, 0) is 12.8 Å². The van der Waals surface area contributed by atoms with E-state index >= 15 is 0 Å². The van der Waals surface area contributed by atoms with Crippen molar-refractivity contribution in [2.24, 2.45) is 4.99 Å². The lowest BCUT2D eigenvalue weighted by Gasteiger charge is -2.11. The summed E-state index contributed by atoms with van der Waals surface area (Å²) in [6.07, 6.45) is 5.68. The van der Waals surface area contributed by atoms with Crippen LogP contribution in [0.15, 0.2) is 53.8 Å². The second kappa shape index (κ2) is 9.16. The van der Waals surface area contributed by atoms with Gasteiger partial charge in [-0.1, -0.05) is 18.2 Å². The topological polar surface area (TPSA) is 53.7 Å². The van der Waals surface area contributed by atoms with Crippen molar-refractivity contribution in [3.8, 4) is 0 Å². The number of guanidine groups is 1. The molecule has 5 nitrogen and oxygen atoms in total. The molecule has 0 saturated carbocycles. The first-order valence-electron chi connectivity index (χ1n) is 9.35. The third kappa shape index (κ3) is 5.29. The van der Waals surface area contributed by atoms with Crippen molar-refractivity contribution in [2.45, 2.75) is 26.7 Å². The number of aromatic nitrogens is 2. The number of imidazole rings is 1. The summed E-state index contributed by atoms with van der Waals surface area (Å²) in [5.74, 6) is 0.586. The summed E-state index contributed by atoms with van der Waals surface area (Å²) < 4.78 is 15.0. The lowest BCUT2D eigenvalue weighted by Crippen LogP contribution is -2.38. The largest absolute Gasteiger partial charge is 0.357 e.